The molecule has 2 heterocycles. The molecule has 1 atom stereocenters. The van der Waals surface area contributed by atoms with Gasteiger partial charge in [0.05, 0.1) is 31.0 Å². The highest BCUT2D eigenvalue weighted by atomic mass is 32.2. The number of carbonyl (C=O) groups is 1. The Hall–Kier alpha value is -3.26. The fourth-order valence-electron chi connectivity index (χ4n) is 5.07. The summed E-state index contributed by atoms with van der Waals surface area (Å²) < 4.78 is 17.7. The minimum Gasteiger partial charge on any atom is -0.492 e. The van der Waals surface area contributed by atoms with E-state index in [1.807, 2.05) is 36.9 Å². The van der Waals surface area contributed by atoms with Gasteiger partial charge >= 0.3 is 12.0 Å². The van der Waals surface area contributed by atoms with Crippen LogP contribution in [0.2, 0.25) is 0 Å². The van der Waals surface area contributed by atoms with E-state index in [4.69, 9.17) is 24.3 Å². The van der Waals surface area contributed by atoms with Gasteiger partial charge in [0.15, 0.2) is 0 Å². The molecule has 37 heavy (non-hydrogen) atoms. The Balaban J connectivity index is 1.32. The third-order valence-electron chi connectivity index (χ3n) is 6.86. The fourth-order valence-corrected chi connectivity index (χ4v) is 5.48. The second-order valence-corrected chi connectivity index (χ2v) is 10.5. The number of benzene rings is 2. The van der Waals surface area contributed by atoms with Crippen LogP contribution in [0.25, 0.3) is 11.1 Å². The van der Waals surface area contributed by atoms with E-state index in [2.05, 4.69) is 29.4 Å². The first-order valence-corrected chi connectivity index (χ1v) is 14.1. The van der Waals surface area contributed by atoms with Crippen LogP contribution in [0.15, 0.2) is 36.4 Å². The van der Waals surface area contributed by atoms with Crippen LogP contribution in [0.5, 0.6) is 17.5 Å². The number of aromatic nitrogens is 2. The van der Waals surface area contributed by atoms with Gasteiger partial charge < -0.3 is 19.3 Å². The molecule has 5 rings (SSSR count). The average Bonchev–Trinajstić information content (AvgIpc) is 3.16. The van der Waals surface area contributed by atoms with Crippen molar-refractivity contribution in [3.05, 3.63) is 64.5 Å². The Morgan fingerprint density at radius 1 is 1.16 bits per heavy atom. The molecule has 1 aliphatic carbocycles. The highest BCUT2D eigenvalue weighted by Gasteiger charge is 2.27. The van der Waals surface area contributed by atoms with Gasteiger partial charge in [-0.25, -0.2) is 0 Å². The van der Waals surface area contributed by atoms with Crippen molar-refractivity contribution in [2.45, 2.75) is 51.6 Å². The lowest BCUT2D eigenvalue weighted by atomic mass is 9.96. The zero-order valence-corrected chi connectivity index (χ0v) is 22.1. The van der Waals surface area contributed by atoms with Gasteiger partial charge in [0.1, 0.15) is 18.1 Å². The van der Waals surface area contributed by atoms with E-state index in [1.165, 1.54) is 11.1 Å². The van der Waals surface area contributed by atoms with Crippen LogP contribution in [0.3, 0.4) is 0 Å². The average molecular weight is 521 g/mol. The maximum absolute atomic E-state index is 11.1. The molecule has 194 valence electrons. The summed E-state index contributed by atoms with van der Waals surface area (Å²) in [6, 6.07) is 12.6. The summed E-state index contributed by atoms with van der Waals surface area (Å²) in [7, 11) is 0. The number of hydrogen-bond donors (Lipinski definition) is 1. The Morgan fingerprint density at radius 2 is 2.05 bits per heavy atom. The van der Waals surface area contributed by atoms with E-state index >= 15 is 0 Å². The Kier molecular flexibility index (Phi) is 7.84. The van der Waals surface area contributed by atoms with Crippen LogP contribution in [-0.4, -0.2) is 46.3 Å². The van der Waals surface area contributed by atoms with Crippen LogP contribution >= 0.6 is 11.8 Å². The maximum Gasteiger partial charge on any atom is 0.316 e. The smallest absolute Gasteiger partial charge is 0.316 e. The van der Waals surface area contributed by atoms with Gasteiger partial charge in [-0.3, -0.25) is 4.79 Å². The van der Waals surface area contributed by atoms with Crippen molar-refractivity contribution >= 4 is 17.7 Å². The van der Waals surface area contributed by atoms with Crippen molar-refractivity contribution in [3.63, 3.8) is 0 Å². The Labute approximate surface area is 221 Å². The highest BCUT2D eigenvalue weighted by Crippen LogP contribution is 2.39. The molecule has 0 saturated heterocycles. The molecular formula is C29H32N2O5S. The molecule has 7 nitrogen and oxygen atoms in total. The first kappa shape index (κ1) is 25.4. The normalized spacial score (nSPS) is 15.7. The summed E-state index contributed by atoms with van der Waals surface area (Å²) in [5.41, 5.74) is 7.58. The third-order valence-corrected chi connectivity index (χ3v) is 7.56. The van der Waals surface area contributed by atoms with Gasteiger partial charge in [-0.1, -0.05) is 18.2 Å². The molecule has 2 aromatic carbocycles. The van der Waals surface area contributed by atoms with Crippen LogP contribution < -0.4 is 14.2 Å². The van der Waals surface area contributed by atoms with Gasteiger partial charge in [-0.05, 0) is 73.4 Å². The molecule has 1 unspecified atom stereocenters. The number of rotatable bonds is 10. The topological polar surface area (TPSA) is 90.8 Å². The van der Waals surface area contributed by atoms with Crippen molar-refractivity contribution in [2.75, 3.05) is 25.2 Å². The molecule has 0 spiro atoms. The van der Waals surface area contributed by atoms with Gasteiger partial charge in [0, 0.05) is 23.1 Å². The zero-order chi connectivity index (χ0) is 25.8. The van der Waals surface area contributed by atoms with Crippen molar-refractivity contribution in [1.82, 2.24) is 9.97 Å². The van der Waals surface area contributed by atoms with Crippen LogP contribution in [0.4, 0.5) is 0 Å². The monoisotopic (exact) mass is 520 g/mol. The van der Waals surface area contributed by atoms with Crippen molar-refractivity contribution < 1.29 is 24.1 Å². The molecule has 1 N–H and O–H groups in total. The fraction of sp³-hybridized carbons (Fsp3) is 0.414. The number of hydrogen-bond acceptors (Lipinski definition) is 7. The minimum atomic E-state index is -0.817. The summed E-state index contributed by atoms with van der Waals surface area (Å²) >= 11 is 1.81. The lowest BCUT2D eigenvalue weighted by Crippen LogP contribution is -2.07. The molecule has 0 bridgehead atoms. The van der Waals surface area contributed by atoms with E-state index in [-0.39, 0.29) is 12.3 Å². The predicted octanol–water partition coefficient (Wildman–Crippen LogP) is 5.60. The number of carboxylic acids is 1. The summed E-state index contributed by atoms with van der Waals surface area (Å²) in [5.74, 6) is 1.54. The number of thioether (sulfide) groups is 1. The van der Waals surface area contributed by atoms with Crippen LogP contribution in [-0.2, 0) is 24.2 Å². The predicted molar refractivity (Wildman–Crippen MR) is 144 cm³/mol. The summed E-state index contributed by atoms with van der Waals surface area (Å²) in [6.07, 6.45) is 6.08. The number of carboxylic acid groups (broad SMARTS) is 1. The summed E-state index contributed by atoms with van der Waals surface area (Å²) in [5, 5.41) is 9.12. The second-order valence-electron chi connectivity index (χ2n) is 9.55. The molecule has 2 aliphatic rings. The molecule has 0 fully saturated rings. The third kappa shape index (κ3) is 5.85. The molecule has 1 aliphatic heterocycles. The van der Waals surface area contributed by atoms with Gasteiger partial charge in [0.2, 0.25) is 0 Å². The number of ether oxygens (including phenoxy) is 3. The molecule has 1 aromatic heterocycles. The molecule has 0 amide bonds. The van der Waals surface area contributed by atoms with E-state index < -0.39 is 5.97 Å². The molecule has 8 heteroatoms. The van der Waals surface area contributed by atoms with E-state index in [9.17, 15) is 4.79 Å². The maximum atomic E-state index is 11.1. The van der Waals surface area contributed by atoms with E-state index in [1.54, 1.807) is 0 Å². The SMILES string of the molecule is CSCCCOc1nc(C)c2c(n1)CCCc1ccc(COc3ccc4c(c3)OCC4CC(=O)O)cc1-2. The highest BCUT2D eigenvalue weighted by molar-refractivity contribution is 7.98. The lowest BCUT2D eigenvalue weighted by molar-refractivity contribution is -0.137. The minimum absolute atomic E-state index is 0.0680. The second kappa shape index (κ2) is 11.4. The van der Waals surface area contributed by atoms with E-state index in [0.29, 0.717) is 37.3 Å². The van der Waals surface area contributed by atoms with Crippen LogP contribution in [0.1, 0.15) is 53.3 Å². The first-order chi connectivity index (χ1) is 18.0. The van der Waals surface area contributed by atoms with Crippen molar-refractivity contribution in [2.24, 2.45) is 0 Å². The van der Waals surface area contributed by atoms with Gasteiger partial charge in [-0.2, -0.15) is 21.7 Å². The van der Waals surface area contributed by atoms with Gasteiger partial charge in [-0.15, -0.1) is 0 Å². The Morgan fingerprint density at radius 3 is 2.89 bits per heavy atom. The van der Waals surface area contributed by atoms with Crippen LogP contribution in [0, 0.1) is 6.92 Å². The largest absolute Gasteiger partial charge is 0.492 e. The summed E-state index contributed by atoms with van der Waals surface area (Å²) in [4.78, 5) is 20.6. The number of aryl methyl sites for hydroxylation is 3. The standard InChI is InChI=1S/C29H32N2O5S/c1-18-28-24-13-19(16-35-22-9-10-23-21(14-27(32)33)17-36-26(23)15-22)7-8-20(24)5-3-6-25(28)31-29(30-18)34-11-4-12-37-2/h7-10,13,15,21H,3-6,11-12,14,16-17H2,1-2H3,(H,32,33). The first-order valence-electron chi connectivity index (χ1n) is 12.7. The van der Waals surface area contributed by atoms with E-state index in [0.717, 1.165) is 59.5 Å². The van der Waals surface area contributed by atoms with Crippen molar-refractivity contribution in [1.29, 1.82) is 0 Å². The number of nitrogens with zero attached hydrogens (tertiary/aromatic N) is 2. The van der Waals surface area contributed by atoms with Crippen molar-refractivity contribution in [3.8, 4) is 28.6 Å². The molecule has 0 saturated carbocycles. The molecular weight excluding hydrogens is 488 g/mol. The number of fused-ring (bicyclic) bond motifs is 4. The molecule has 3 aromatic rings. The summed E-state index contributed by atoms with van der Waals surface area (Å²) in [6.45, 7) is 3.47. The lowest BCUT2D eigenvalue weighted by Gasteiger charge is -2.15. The van der Waals surface area contributed by atoms with Gasteiger partial charge in [0.25, 0.3) is 0 Å². The zero-order valence-electron chi connectivity index (χ0n) is 21.3. The molecule has 0 radical (unpaired) electrons. The Bertz CT molecular complexity index is 1300. The number of aliphatic carboxylic acids is 1. The quantitative estimate of drug-likeness (QED) is 0.345.